The summed E-state index contributed by atoms with van der Waals surface area (Å²) in [5, 5.41) is 0. The molecule has 0 atom stereocenters. The Morgan fingerprint density at radius 1 is 1.09 bits per heavy atom. The first-order valence-corrected chi connectivity index (χ1v) is 9.97. The fourth-order valence-corrected chi connectivity index (χ4v) is 4.99. The first kappa shape index (κ1) is 14.7. The van der Waals surface area contributed by atoms with Crippen molar-refractivity contribution in [2.45, 2.75) is 30.6 Å². The molecular formula is C17H16N2O2S2. The highest BCUT2D eigenvalue weighted by molar-refractivity contribution is 7.92. The first-order valence-electron chi connectivity index (χ1n) is 7.60. The number of nitrogens with zero attached hydrogens (tertiary/aromatic N) is 1. The summed E-state index contributed by atoms with van der Waals surface area (Å²) in [7, 11) is -3.59. The van der Waals surface area contributed by atoms with Crippen molar-refractivity contribution in [1.82, 2.24) is 4.98 Å². The van der Waals surface area contributed by atoms with Crippen molar-refractivity contribution < 1.29 is 8.42 Å². The molecule has 1 aliphatic rings. The normalized spacial score (nSPS) is 14.6. The molecular weight excluding hydrogens is 328 g/mol. The van der Waals surface area contributed by atoms with Gasteiger partial charge in [-0.05, 0) is 61.1 Å². The second-order valence-electron chi connectivity index (χ2n) is 5.74. The van der Waals surface area contributed by atoms with Crippen molar-refractivity contribution >= 4 is 37.3 Å². The Balaban J connectivity index is 1.72. The van der Waals surface area contributed by atoms with Crippen LogP contribution in [0.1, 0.15) is 24.0 Å². The summed E-state index contributed by atoms with van der Waals surface area (Å²) in [5.41, 5.74) is 5.66. The van der Waals surface area contributed by atoms with Crippen LogP contribution >= 0.6 is 11.3 Å². The number of nitrogens with one attached hydrogen (secondary N) is 1. The Hall–Kier alpha value is -1.92. The first-order chi connectivity index (χ1) is 11.1. The van der Waals surface area contributed by atoms with Gasteiger partial charge in [0.1, 0.15) is 0 Å². The summed E-state index contributed by atoms with van der Waals surface area (Å²) < 4.78 is 29.1. The van der Waals surface area contributed by atoms with Gasteiger partial charge in [0, 0.05) is 0 Å². The molecule has 0 unspecified atom stereocenters. The van der Waals surface area contributed by atoms with Crippen LogP contribution in [0.25, 0.3) is 10.2 Å². The molecule has 0 bridgehead atoms. The molecule has 0 saturated carbocycles. The lowest BCUT2D eigenvalue weighted by atomic mass is 9.91. The van der Waals surface area contributed by atoms with E-state index in [1.807, 2.05) is 12.1 Å². The molecule has 0 spiro atoms. The van der Waals surface area contributed by atoms with Crippen molar-refractivity contribution in [3.8, 4) is 0 Å². The topological polar surface area (TPSA) is 59.1 Å². The number of rotatable bonds is 3. The minimum Gasteiger partial charge on any atom is -0.279 e. The summed E-state index contributed by atoms with van der Waals surface area (Å²) in [6, 6.07) is 10.9. The molecule has 1 N–H and O–H groups in total. The van der Waals surface area contributed by atoms with Crippen LogP contribution in [-0.4, -0.2) is 13.4 Å². The van der Waals surface area contributed by atoms with Gasteiger partial charge in [0.15, 0.2) is 0 Å². The minimum absolute atomic E-state index is 0.280. The Kier molecular flexibility index (Phi) is 3.58. The lowest BCUT2D eigenvalue weighted by Gasteiger charge is -2.20. The average molecular weight is 344 g/mol. The van der Waals surface area contributed by atoms with E-state index in [-0.39, 0.29) is 4.90 Å². The number of benzene rings is 2. The van der Waals surface area contributed by atoms with E-state index in [1.165, 1.54) is 23.3 Å². The number of hydrogen-bond acceptors (Lipinski definition) is 4. The third-order valence-electron chi connectivity index (χ3n) is 4.25. The highest BCUT2D eigenvalue weighted by Crippen LogP contribution is 2.30. The Bertz CT molecular complexity index is 977. The van der Waals surface area contributed by atoms with Gasteiger partial charge in [-0.15, -0.1) is 11.3 Å². The molecule has 0 fully saturated rings. The van der Waals surface area contributed by atoms with Gasteiger partial charge in [-0.1, -0.05) is 12.1 Å². The molecule has 0 saturated heterocycles. The van der Waals surface area contributed by atoms with E-state index in [2.05, 4.69) is 15.8 Å². The fraction of sp³-hybridized carbons (Fsp3) is 0.235. The van der Waals surface area contributed by atoms with Gasteiger partial charge >= 0.3 is 0 Å². The fourth-order valence-electron chi connectivity index (χ4n) is 3.08. The monoisotopic (exact) mass is 344 g/mol. The van der Waals surface area contributed by atoms with Crippen LogP contribution in [0, 0.1) is 0 Å². The lowest BCUT2D eigenvalue weighted by molar-refractivity contribution is 0.601. The van der Waals surface area contributed by atoms with Gasteiger partial charge in [-0.2, -0.15) is 0 Å². The summed E-state index contributed by atoms with van der Waals surface area (Å²) in [4.78, 5) is 4.47. The molecule has 4 nitrogen and oxygen atoms in total. The van der Waals surface area contributed by atoms with Crippen molar-refractivity contribution in [3.05, 3.63) is 53.0 Å². The van der Waals surface area contributed by atoms with E-state index in [1.54, 1.807) is 23.7 Å². The van der Waals surface area contributed by atoms with Crippen molar-refractivity contribution in [1.29, 1.82) is 0 Å². The summed E-state index contributed by atoms with van der Waals surface area (Å²) >= 11 is 1.44. The predicted molar refractivity (Wildman–Crippen MR) is 93.5 cm³/mol. The number of hydrogen-bond donors (Lipinski definition) is 1. The second kappa shape index (κ2) is 5.62. The average Bonchev–Trinajstić information content (AvgIpc) is 3.02. The molecule has 0 aliphatic heterocycles. The zero-order valence-electron chi connectivity index (χ0n) is 12.5. The number of anilines is 1. The molecule has 6 heteroatoms. The SMILES string of the molecule is O=S(=O)(Nc1cccc2c1CCCC2)c1ccc2ncsc2c1. The maximum atomic E-state index is 12.7. The molecule has 0 radical (unpaired) electrons. The maximum Gasteiger partial charge on any atom is 0.261 e. The molecule has 118 valence electrons. The van der Waals surface area contributed by atoms with Crippen LogP contribution < -0.4 is 4.72 Å². The van der Waals surface area contributed by atoms with Gasteiger partial charge in [-0.25, -0.2) is 13.4 Å². The van der Waals surface area contributed by atoms with Crippen molar-refractivity contribution in [2.24, 2.45) is 0 Å². The van der Waals surface area contributed by atoms with Crippen LogP contribution in [0.4, 0.5) is 5.69 Å². The number of fused-ring (bicyclic) bond motifs is 2. The molecule has 2 aromatic carbocycles. The highest BCUT2D eigenvalue weighted by atomic mass is 32.2. The Morgan fingerprint density at radius 2 is 1.96 bits per heavy atom. The lowest BCUT2D eigenvalue weighted by Crippen LogP contribution is -2.16. The number of sulfonamides is 1. The summed E-state index contributed by atoms with van der Waals surface area (Å²) in [6.07, 6.45) is 4.24. The Morgan fingerprint density at radius 3 is 2.87 bits per heavy atom. The summed E-state index contributed by atoms with van der Waals surface area (Å²) in [5.74, 6) is 0. The maximum absolute atomic E-state index is 12.7. The van der Waals surface area contributed by atoms with E-state index in [4.69, 9.17) is 0 Å². The number of aryl methyl sites for hydroxylation is 1. The molecule has 4 rings (SSSR count). The molecule has 3 aromatic rings. The van der Waals surface area contributed by atoms with Gasteiger partial charge < -0.3 is 0 Å². The van der Waals surface area contributed by atoms with E-state index in [0.29, 0.717) is 5.69 Å². The van der Waals surface area contributed by atoms with Crippen LogP contribution in [0.5, 0.6) is 0 Å². The smallest absolute Gasteiger partial charge is 0.261 e. The molecule has 0 amide bonds. The number of aromatic nitrogens is 1. The van der Waals surface area contributed by atoms with Crippen molar-refractivity contribution in [3.63, 3.8) is 0 Å². The van der Waals surface area contributed by atoms with Crippen LogP contribution in [0.2, 0.25) is 0 Å². The van der Waals surface area contributed by atoms with Gasteiger partial charge in [0.05, 0.1) is 26.3 Å². The molecule has 1 aliphatic carbocycles. The van der Waals surface area contributed by atoms with Crippen LogP contribution in [0.15, 0.2) is 46.8 Å². The van der Waals surface area contributed by atoms with Gasteiger partial charge in [0.25, 0.3) is 10.0 Å². The molecule has 23 heavy (non-hydrogen) atoms. The third-order valence-corrected chi connectivity index (χ3v) is 6.41. The van der Waals surface area contributed by atoms with Crippen LogP contribution in [0.3, 0.4) is 0 Å². The number of thiazole rings is 1. The third kappa shape index (κ3) is 2.72. The minimum atomic E-state index is -3.59. The summed E-state index contributed by atoms with van der Waals surface area (Å²) in [6.45, 7) is 0. The largest absolute Gasteiger partial charge is 0.279 e. The van der Waals surface area contributed by atoms with Gasteiger partial charge in [-0.3, -0.25) is 4.72 Å². The van der Waals surface area contributed by atoms with E-state index in [9.17, 15) is 8.42 Å². The van der Waals surface area contributed by atoms with E-state index >= 15 is 0 Å². The predicted octanol–water partition coefficient (Wildman–Crippen LogP) is 3.98. The van der Waals surface area contributed by atoms with Crippen molar-refractivity contribution in [2.75, 3.05) is 4.72 Å². The standard InChI is InChI=1S/C17H16N2O2S2/c20-23(21,13-8-9-16-17(10-13)22-11-18-16)19-15-7-3-5-12-4-1-2-6-14(12)15/h3,5,7-11,19H,1-2,4,6H2. The Labute approximate surface area is 139 Å². The van der Waals surface area contributed by atoms with E-state index in [0.717, 1.165) is 35.0 Å². The molecule has 1 aromatic heterocycles. The zero-order chi connectivity index (χ0) is 15.9. The zero-order valence-corrected chi connectivity index (χ0v) is 14.1. The quantitative estimate of drug-likeness (QED) is 0.782. The van der Waals surface area contributed by atoms with Gasteiger partial charge in [0.2, 0.25) is 0 Å². The molecule has 1 heterocycles. The van der Waals surface area contributed by atoms with E-state index < -0.39 is 10.0 Å². The van der Waals surface area contributed by atoms with Crippen LogP contribution in [-0.2, 0) is 22.9 Å². The second-order valence-corrected chi connectivity index (χ2v) is 8.31. The highest BCUT2D eigenvalue weighted by Gasteiger charge is 2.19.